The molecule has 3 unspecified atom stereocenters. The fraction of sp³-hybridized carbons (Fsp3) is 0.333. The summed E-state index contributed by atoms with van der Waals surface area (Å²) in [7, 11) is 0. The molecule has 1 aromatic heterocycles. The van der Waals surface area contributed by atoms with E-state index in [1.807, 2.05) is 0 Å². The van der Waals surface area contributed by atoms with Gasteiger partial charge in [-0.05, 0) is 25.4 Å². The van der Waals surface area contributed by atoms with Crippen LogP contribution in [0, 0.1) is 6.85 Å². The maximum Gasteiger partial charge on any atom is 0.264 e. The molecule has 2 aromatic rings. The highest BCUT2D eigenvalue weighted by Crippen LogP contribution is 2.24. The van der Waals surface area contributed by atoms with Crippen LogP contribution in [0.3, 0.4) is 0 Å². The number of fused-ring (bicyclic) bond motifs is 1. The zero-order valence-corrected chi connectivity index (χ0v) is 10.7. The first-order valence-electron chi connectivity index (χ1n) is 9.70. The fourth-order valence-corrected chi connectivity index (χ4v) is 2.19. The van der Waals surface area contributed by atoms with Gasteiger partial charge in [-0.15, -0.1) is 0 Å². The van der Waals surface area contributed by atoms with E-state index in [9.17, 15) is 14.4 Å². The van der Waals surface area contributed by atoms with Gasteiger partial charge in [0.25, 0.3) is 5.56 Å². The Morgan fingerprint density at radius 2 is 2.33 bits per heavy atom. The molecule has 0 bridgehead atoms. The number of rotatable bonds is 1. The van der Waals surface area contributed by atoms with E-state index < -0.39 is 55.0 Å². The summed E-state index contributed by atoms with van der Waals surface area (Å²) in [5.41, 5.74) is 4.21. The van der Waals surface area contributed by atoms with Crippen LogP contribution >= 0.6 is 0 Å². The number of benzene rings is 1. The predicted octanol–water partition coefficient (Wildman–Crippen LogP) is 1.15. The maximum absolute atomic E-state index is 13.1. The third-order valence-corrected chi connectivity index (χ3v) is 3.15. The molecule has 1 saturated carbocycles. The van der Waals surface area contributed by atoms with Crippen molar-refractivity contribution in [3.8, 4) is 0 Å². The number of aromatic nitrogens is 2. The molecule has 21 heavy (non-hydrogen) atoms. The van der Waals surface area contributed by atoms with Gasteiger partial charge in [-0.3, -0.25) is 19.0 Å². The van der Waals surface area contributed by atoms with Gasteiger partial charge in [0.2, 0.25) is 0 Å². The second-order valence-corrected chi connectivity index (χ2v) is 4.53. The lowest BCUT2D eigenvalue weighted by molar-refractivity contribution is -0.132. The van der Waals surface area contributed by atoms with Crippen LogP contribution in [-0.2, 0) is 9.59 Å². The van der Waals surface area contributed by atoms with E-state index in [0.717, 1.165) is 12.1 Å². The normalized spacial score (nSPS) is 35.1. The van der Waals surface area contributed by atoms with E-state index in [-0.39, 0.29) is 27.2 Å². The van der Waals surface area contributed by atoms with Crippen molar-refractivity contribution in [1.29, 1.82) is 0 Å². The maximum atomic E-state index is 13.1. The van der Waals surface area contributed by atoms with E-state index >= 15 is 0 Å². The molecule has 1 aliphatic carbocycles. The minimum atomic E-state index is -3.06. The molecule has 108 valence electrons. The highest BCUT2D eigenvalue weighted by molar-refractivity contribution is 6.03. The third-order valence-electron chi connectivity index (χ3n) is 3.15. The molecule has 0 aliphatic heterocycles. The van der Waals surface area contributed by atoms with E-state index in [1.54, 1.807) is 0 Å². The first-order chi connectivity index (χ1) is 12.8. The monoisotopic (exact) mass is 292 g/mol. The second kappa shape index (κ2) is 4.80. The Balaban J connectivity index is 2.49. The van der Waals surface area contributed by atoms with Crippen LogP contribution in [0.1, 0.15) is 40.7 Å². The SMILES string of the molecule is [2H]c1cc(N)c2c(=O)n(C3([2H])C(=O)CC(=O)C([2H])C3[2H])c(C([2H])([2H])[2H])nc2c1. The van der Waals surface area contributed by atoms with Gasteiger partial charge in [0.05, 0.1) is 26.1 Å². The Labute approximate surface area is 130 Å². The summed E-state index contributed by atoms with van der Waals surface area (Å²) < 4.78 is 55.4. The van der Waals surface area contributed by atoms with Gasteiger partial charge in [0.1, 0.15) is 11.6 Å². The molecule has 3 rings (SSSR count). The standard InChI is InChI=1S/C15H15N3O3/c1-8-17-11-4-2-3-10(16)14(11)15(21)18(8)12-6-5-9(19)7-13(12)20/h2-4,12H,5-7,16H2,1H3/i1D3,2D,5D,6D,12D. The number of nitrogens with two attached hydrogens (primary N) is 1. The minimum Gasteiger partial charge on any atom is -0.398 e. The number of hydrogen-bond acceptors (Lipinski definition) is 5. The Hall–Kier alpha value is -2.50. The summed E-state index contributed by atoms with van der Waals surface area (Å²) in [6.07, 6.45) is -4.73. The van der Waals surface area contributed by atoms with Crippen LogP contribution in [0.25, 0.3) is 10.9 Å². The lowest BCUT2D eigenvalue weighted by Gasteiger charge is -2.24. The molecule has 0 spiro atoms. The number of ketones is 2. The fourth-order valence-electron chi connectivity index (χ4n) is 2.19. The molecular formula is C15H15N3O3. The van der Waals surface area contributed by atoms with Gasteiger partial charge >= 0.3 is 0 Å². The summed E-state index contributed by atoms with van der Waals surface area (Å²) in [6.45, 7) is -3.06. The number of nitrogen functional groups attached to an aromatic ring is 1. The van der Waals surface area contributed by atoms with Crippen LogP contribution < -0.4 is 11.3 Å². The Kier molecular flexibility index (Phi) is 1.71. The highest BCUT2D eigenvalue weighted by Gasteiger charge is 2.30. The number of Topliss-reactive ketones (excluding diaryl/α,β-unsaturated/α-hetero) is 2. The Morgan fingerprint density at radius 3 is 3.10 bits per heavy atom. The molecule has 6 nitrogen and oxygen atoms in total. The minimum absolute atomic E-state index is 0.129. The summed E-state index contributed by atoms with van der Waals surface area (Å²) in [5.74, 6) is -3.01. The molecule has 1 aliphatic rings. The van der Waals surface area contributed by atoms with Crippen LogP contribution in [0.5, 0.6) is 0 Å². The van der Waals surface area contributed by atoms with Gasteiger partial charge in [0.15, 0.2) is 5.78 Å². The van der Waals surface area contributed by atoms with Crippen molar-refractivity contribution in [2.75, 3.05) is 5.73 Å². The van der Waals surface area contributed by atoms with Crippen molar-refractivity contribution in [2.45, 2.75) is 32.1 Å². The molecule has 1 heterocycles. The molecule has 0 amide bonds. The van der Waals surface area contributed by atoms with Gasteiger partial charge < -0.3 is 5.73 Å². The number of nitrogens with zero attached hydrogens (tertiary/aromatic N) is 2. The van der Waals surface area contributed by atoms with Crippen molar-refractivity contribution in [3.05, 3.63) is 34.4 Å². The lowest BCUT2D eigenvalue weighted by atomic mass is 9.92. The Morgan fingerprint density at radius 1 is 1.52 bits per heavy atom. The number of carbonyl (C=O) groups is 2. The van der Waals surface area contributed by atoms with Crippen LogP contribution in [0.15, 0.2) is 23.0 Å². The topological polar surface area (TPSA) is 95.0 Å². The van der Waals surface area contributed by atoms with Crippen molar-refractivity contribution in [1.82, 2.24) is 9.55 Å². The summed E-state index contributed by atoms with van der Waals surface area (Å²) >= 11 is 0. The van der Waals surface area contributed by atoms with Gasteiger partial charge in [-0.2, -0.15) is 0 Å². The van der Waals surface area contributed by atoms with E-state index in [1.165, 1.54) is 0 Å². The molecule has 0 saturated heterocycles. The average molecular weight is 292 g/mol. The largest absolute Gasteiger partial charge is 0.398 e. The molecule has 1 aromatic carbocycles. The van der Waals surface area contributed by atoms with Crippen molar-refractivity contribution in [3.63, 3.8) is 0 Å². The van der Waals surface area contributed by atoms with Crippen LogP contribution in [0.4, 0.5) is 5.69 Å². The first kappa shape index (κ1) is 7.49. The van der Waals surface area contributed by atoms with Crippen molar-refractivity contribution < 1.29 is 19.2 Å². The predicted molar refractivity (Wildman–Crippen MR) is 78.1 cm³/mol. The molecular weight excluding hydrogens is 270 g/mol. The van der Waals surface area contributed by atoms with E-state index in [4.69, 9.17) is 15.3 Å². The van der Waals surface area contributed by atoms with Crippen molar-refractivity contribution in [2.24, 2.45) is 0 Å². The third kappa shape index (κ3) is 2.12. The van der Waals surface area contributed by atoms with Crippen molar-refractivity contribution >= 4 is 28.2 Å². The summed E-state index contributed by atoms with van der Waals surface area (Å²) in [6, 6.07) is -0.732. The first-order valence-corrected chi connectivity index (χ1v) is 6.04. The molecule has 0 radical (unpaired) electrons. The van der Waals surface area contributed by atoms with Gasteiger partial charge in [-0.1, -0.05) is 6.04 Å². The average Bonchev–Trinajstić information content (AvgIpc) is 2.56. The smallest absolute Gasteiger partial charge is 0.264 e. The summed E-state index contributed by atoms with van der Waals surface area (Å²) in [4.78, 5) is 41.3. The van der Waals surface area contributed by atoms with E-state index in [2.05, 4.69) is 4.98 Å². The van der Waals surface area contributed by atoms with Crippen LogP contribution in [-0.4, -0.2) is 21.1 Å². The quantitative estimate of drug-likeness (QED) is 0.628. The van der Waals surface area contributed by atoms with E-state index in [0.29, 0.717) is 0 Å². The molecule has 1 fully saturated rings. The highest BCUT2D eigenvalue weighted by atomic mass is 16.2. The van der Waals surface area contributed by atoms with Crippen LogP contribution in [0.2, 0.25) is 0 Å². The number of aryl methyl sites for hydroxylation is 1. The van der Waals surface area contributed by atoms with Gasteiger partial charge in [0, 0.05) is 18.9 Å². The number of anilines is 1. The molecule has 2 N–H and O–H groups in total. The second-order valence-electron chi connectivity index (χ2n) is 4.53. The summed E-state index contributed by atoms with van der Waals surface area (Å²) in [5, 5.41) is -0.311. The number of hydrogen-bond donors (Lipinski definition) is 1. The zero-order chi connectivity index (χ0) is 21.2. The van der Waals surface area contributed by atoms with Gasteiger partial charge in [-0.25, -0.2) is 4.98 Å². The Bertz CT molecular complexity index is 1080. The molecule has 3 atom stereocenters. The molecule has 6 heteroatoms. The number of carbonyl (C=O) groups excluding carboxylic acids is 2. The zero-order valence-electron chi connectivity index (χ0n) is 17.7. The lowest BCUT2D eigenvalue weighted by Crippen LogP contribution is -2.36.